The van der Waals surface area contributed by atoms with Gasteiger partial charge in [0.15, 0.2) is 0 Å². The van der Waals surface area contributed by atoms with Crippen LogP contribution in [0, 0.1) is 6.92 Å². The molecule has 0 saturated carbocycles. The number of aryl methyl sites for hydroxylation is 1. The fourth-order valence-corrected chi connectivity index (χ4v) is 4.26. The van der Waals surface area contributed by atoms with Crippen LogP contribution in [0.1, 0.15) is 48.9 Å². The van der Waals surface area contributed by atoms with Gasteiger partial charge in [-0.15, -0.1) is 0 Å². The van der Waals surface area contributed by atoms with E-state index in [0.29, 0.717) is 21.7 Å². The van der Waals surface area contributed by atoms with Crippen LogP contribution >= 0.6 is 11.6 Å². The maximum absolute atomic E-state index is 13.3. The summed E-state index contributed by atoms with van der Waals surface area (Å²) in [6.07, 6.45) is 0. The van der Waals surface area contributed by atoms with E-state index in [9.17, 15) is 14.4 Å². The van der Waals surface area contributed by atoms with Gasteiger partial charge in [-0.1, -0.05) is 37.6 Å². The maximum Gasteiger partial charge on any atom is 0.336 e. The van der Waals surface area contributed by atoms with Crippen molar-refractivity contribution in [3.05, 3.63) is 80.2 Å². The molecule has 3 amide bonds. The quantitative estimate of drug-likeness (QED) is 0.466. The van der Waals surface area contributed by atoms with Crippen molar-refractivity contribution in [2.45, 2.75) is 45.7 Å². The Labute approximate surface area is 184 Å². The molecular formula is C24H23ClN2O4. The van der Waals surface area contributed by atoms with Crippen molar-refractivity contribution in [2.24, 2.45) is 0 Å². The van der Waals surface area contributed by atoms with Crippen molar-refractivity contribution in [1.82, 2.24) is 10.2 Å². The zero-order valence-electron chi connectivity index (χ0n) is 17.8. The lowest BCUT2D eigenvalue weighted by Crippen LogP contribution is -2.40. The van der Waals surface area contributed by atoms with E-state index in [1.54, 1.807) is 31.2 Å². The van der Waals surface area contributed by atoms with E-state index >= 15 is 0 Å². The van der Waals surface area contributed by atoms with Gasteiger partial charge in [-0.3, -0.25) is 9.69 Å². The summed E-state index contributed by atoms with van der Waals surface area (Å²) in [5.41, 5.74) is 2.05. The number of benzene rings is 2. The molecule has 3 aromatic rings. The molecule has 1 saturated heterocycles. The summed E-state index contributed by atoms with van der Waals surface area (Å²) in [5, 5.41) is 4.04. The van der Waals surface area contributed by atoms with Crippen LogP contribution in [0.3, 0.4) is 0 Å². The van der Waals surface area contributed by atoms with Crippen LogP contribution in [-0.4, -0.2) is 16.8 Å². The molecule has 6 nitrogen and oxygen atoms in total. The van der Waals surface area contributed by atoms with Gasteiger partial charge in [0.2, 0.25) is 0 Å². The van der Waals surface area contributed by atoms with Gasteiger partial charge in [0.25, 0.3) is 5.91 Å². The Kier molecular flexibility index (Phi) is 5.13. The van der Waals surface area contributed by atoms with Gasteiger partial charge in [0, 0.05) is 16.5 Å². The molecular weight excluding hydrogens is 416 g/mol. The Balaban J connectivity index is 1.76. The first-order valence-corrected chi connectivity index (χ1v) is 10.5. The molecule has 160 valence electrons. The predicted octanol–water partition coefficient (Wildman–Crippen LogP) is 4.85. The molecule has 0 aliphatic carbocycles. The second-order valence-electron chi connectivity index (χ2n) is 8.40. The van der Waals surface area contributed by atoms with Crippen molar-refractivity contribution in [3.63, 3.8) is 0 Å². The van der Waals surface area contributed by atoms with Crippen LogP contribution in [0.4, 0.5) is 4.79 Å². The largest absolute Gasteiger partial charge is 0.423 e. The summed E-state index contributed by atoms with van der Waals surface area (Å²) in [4.78, 5) is 39.4. The second-order valence-corrected chi connectivity index (χ2v) is 8.84. The summed E-state index contributed by atoms with van der Waals surface area (Å²) < 4.78 is 5.39. The van der Waals surface area contributed by atoms with E-state index in [1.165, 1.54) is 6.07 Å². The maximum atomic E-state index is 13.3. The zero-order valence-corrected chi connectivity index (χ0v) is 18.5. The van der Waals surface area contributed by atoms with Gasteiger partial charge in [0.05, 0.1) is 6.54 Å². The summed E-state index contributed by atoms with van der Waals surface area (Å²) in [6.45, 7) is 7.77. The molecule has 2 heterocycles. The molecule has 2 aromatic carbocycles. The number of nitrogens with one attached hydrogen (secondary N) is 1. The predicted molar refractivity (Wildman–Crippen MR) is 119 cm³/mol. The highest BCUT2D eigenvalue weighted by molar-refractivity contribution is 6.30. The number of urea groups is 1. The Hall–Kier alpha value is -3.12. The molecule has 1 aliphatic heterocycles. The number of imide groups is 1. The third-order valence-electron chi connectivity index (χ3n) is 5.86. The van der Waals surface area contributed by atoms with Crippen LogP contribution in [0.5, 0.6) is 0 Å². The zero-order chi connectivity index (χ0) is 22.5. The van der Waals surface area contributed by atoms with Crippen molar-refractivity contribution in [3.8, 4) is 0 Å². The first-order valence-electron chi connectivity index (χ1n) is 10.1. The molecule has 0 bridgehead atoms. The van der Waals surface area contributed by atoms with Crippen molar-refractivity contribution in [2.75, 3.05) is 0 Å². The highest BCUT2D eigenvalue weighted by atomic mass is 35.5. The number of rotatable bonds is 4. The van der Waals surface area contributed by atoms with Crippen LogP contribution in [0.2, 0.25) is 5.02 Å². The van der Waals surface area contributed by atoms with Crippen molar-refractivity contribution in [1.29, 1.82) is 0 Å². The van der Waals surface area contributed by atoms with Gasteiger partial charge in [-0.05, 0) is 66.3 Å². The molecule has 0 spiro atoms. The third kappa shape index (κ3) is 3.61. The smallest absolute Gasteiger partial charge is 0.336 e. The van der Waals surface area contributed by atoms with Crippen LogP contribution in [-0.2, 0) is 16.9 Å². The van der Waals surface area contributed by atoms with Crippen LogP contribution in [0.15, 0.2) is 51.7 Å². The molecule has 1 fully saturated rings. The average Bonchev–Trinajstić information content (AvgIpc) is 2.91. The Bertz CT molecular complexity index is 1260. The molecule has 0 radical (unpaired) electrons. The van der Waals surface area contributed by atoms with Gasteiger partial charge < -0.3 is 9.73 Å². The van der Waals surface area contributed by atoms with Crippen LogP contribution < -0.4 is 10.9 Å². The standard InChI is InChI=1S/C24H23ClN2O4/c1-13(2)18-11-19-15(10-21(28)31-20(19)9-14(18)3)12-27-22(29)24(4,26-23(27)30)16-5-7-17(25)8-6-16/h5-11,13H,12H2,1-4H3,(H,26,30)/t24-/m0/s1. The highest BCUT2D eigenvalue weighted by Crippen LogP contribution is 2.32. The van der Waals surface area contributed by atoms with Gasteiger partial charge >= 0.3 is 11.7 Å². The van der Waals surface area contributed by atoms with E-state index in [2.05, 4.69) is 19.2 Å². The topological polar surface area (TPSA) is 79.6 Å². The summed E-state index contributed by atoms with van der Waals surface area (Å²) >= 11 is 5.96. The van der Waals surface area contributed by atoms with E-state index in [1.807, 2.05) is 19.1 Å². The minimum atomic E-state index is -1.21. The molecule has 1 aromatic heterocycles. The third-order valence-corrected chi connectivity index (χ3v) is 6.12. The lowest BCUT2D eigenvalue weighted by Gasteiger charge is -2.22. The number of fused-ring (bicyclic) bond motifs is 1. The molecule has 1 atom stereocenters. The Morgan fingerprint density at radius 3 is 2.42 bits per heavy atom. The van der Waals surface area contributed by atoms with E-state index in [-0.39, 0.29) is 12.5 Å². The molecule has 0 unspecified atom stereocenters. The van der Waals surface area contributed by atoms with Crippen molar-refractivity contribution >= 4 is 34.5 Å². The number of carbonyl (C=O) groups is 2. The van der Waals surface area contributed by atoms with Gasteiger partial charge in [-0.2, -0.15) is 0 Å². The fourth-order valence-electron chi connectivity index (χ4n) is 4.13. The normalized spacial score (nSPS) is 18.8. The van der Waals surface area contributed by atoms with E-state index in [0.717, 1.165) is 21.4 Å². The van der Waals surface area contributed by atoms with Gasteiger partial charge in [-0.25, -0.2) is 9.59 Å². The first-order chi connectivity index (χ1) is 14.6. The Morgan fingerprint density at radius 2 is 1.77 bits per heavy atom. The number of carbonyl (C=O) groups excluding carboxylic acids is 2. The SMILES string of the molecule is Cc1cc2oc(=O)cc(CN3C(=O)N[C@@](C)(c4ccc(Cl)cc4)C3=O)c2cc1C(C)C. The number of hydrogen-bond acceptors (Lipinski definition) is 4. The molecule has 1 N–H and O–H groups in total. The minimum absolute atomic E-state index is 0.0312. The summed E-state index contributed by atoms with van der Waals surface area (Å²) in [5.74, 6) is -0.119. The lowest BCUT2D eigenvalue weighted by atomic mass is 9.92. The summed E-state index contributed by atoms with van der Waals surface area (Å²) in [6, 6.07) is 11.4. The molecule has 31 heavy (non-hydrogen) atoms. The van der Waals surface area contributed by atoms with Gasteiger partial charge in [0.1, 0.15) is 11.1 Å². The lowest BCUT2D eigenvalue weighted by molar-refractivity contribution is -0.131. The first kappa shape index (κ1) is 21.1. The number of halogens is 1. The molecule has 4 rings (SSSR count). The second kappa shape index (κ2) is 7.54. The number of amides is 3. The monoisotopic (exact) mass is 438 g/mol. The Morgan fingerprint density at radius 1 is 1.10 bits per heavy atom. The minimum Gasteiger partial charge on any atom is -0.423 e. The number of nitrogens with zero attached hydrogens (tertiary/aromatic N) is 1. The molecule has 1 aliphatic rings. The number of hydrogen-bond donors (Lipinski definition) is 1. The van der Waals surface area contributed by atoms with Crippen molar-refractivity contribution < 1.29 is 14.0 Å². The fraction of sp³-hybridized carbons (Fsp3) is 0.292. The summed E-state index contributed by atoms with van der Waals surface area (Å²) in [7, 11) is 0. The average molecular weight is 439 g/mol. The highest BCUT2D eigenvalue weighted by Gasteiger charge is 2.49. The molecule has 7 heteroatoms. The van der Waals surface area contributed by atoms with E-state index in [4.69, 9.17) is 16.0 Å². The van der Waals surface area contributed by atoms with E-state index < -0.39 is 23.1 Å². The van der Waals surface area contributed by atoms with Crippen LogP contribution in [0.25, 0.3) is 11.0 Å².